The molecule has 2 unspecified atom stereocenters. The van der Waals surface area contributed by atoms with Crippen LogP contribution in [0.3, 0.4) is 0 Å². The Morgan fingerprint density at radius 2 is 1.80 bits per heavy atom. The molecule has 2 bridgehead atoms. The fourth-order valence-electron chi connectivity index (χ4n) is 6.39. The first kappa shape index (κ1) is 25.9. The number of alkyl halides is 3. The third-order valence-corrected chi connectivity index (χ3v) is 8.30. The number of aromatic carboxylic acids is 1. The zero-order valence-electron chi connectivity index (χ0n) is 21.9. The van der Waals surface area contributed by atoms with Gasteiger partial charge < -0.3 is 28.4 Å². The van der Waals surface area contributed by atoms with Crippen molar-refractivity contribution in [2.45, 2.75) is 75.6 Å². The summed E-state index contributed by atoms with van der Waals surface area (Å²) in [5, 5.41) is 14.2. The molecule has 2 saturated heterocycles. The second-order valence-corrected chi connectivity index (χ2v) is 11.0. The van der Waals surface area contributed by atoms with E-state index in [0.717, 1.165) is 49.6 Å². The first-order valence-corrected chi connectivity index (χ1v) is 13.7. The van der Waals surface area contributed by atoms with Crippen molar-refractivity contribution in [2.24, 2.45) is 0 Å². The van der Waals surface area contributed by atoms with Crippen LogP contribution < -0.4 is 9.64 Å². The minimum atomic E-state index is -4.83. The van der Waals surface area contributed by atoms with Crippen LogP contribution in [0.4, 0.5) is 18.9 Å². The van der Waals surface area contributed by atoms with Gasteiger partial charge in [-0.05, 0) is 68.9 Å². The summed E-state index contributed by atoms with van der Waals surface area (Å²) in [6.07, 6.45) is 0.622. The Hall–Kier alpha value is -3.99. The highest BCUT2D eigenvalue weighted by Crippen LogP contribution is 2.46. The second-order valence-electron chi connectivity index (χ2n) is 11.0. The molecule has 7 rings (SSSR count). The molecule has 8 nitrogen and oxygen atoms in total. The van der Waals surface area contributed by atoms with Crippen molar-refractivity contribution < 1.29 is 41.5 Å². The Morgan fingerprint density at radius 1 is 1.05 bits per heavy atom. The van der Waals surface area contributed by atoms with Gasteiger partial charge in [0.2, 0.25) is 5.76 Å². The third-order valence-electron chi connectivity index (χ3n) is 8.30. The van der Waals surface area contributed by atoms with Gasteiger partial charge in [-0.3, -0.25) is 0 Å². The summed E-state index contributed by atoms with van der Waals surface area (Å²) >= 11 is 0. The van der Waals surface area contributed by atoms with Crippen LogP contribution in [0, 0.1) is 0 Å². The minimum Gasteiger partial charge on any atom is -0.475 e. The number of hydrogen-bond donors (Lipinski definition) is 1. The molecule has 3 fully saturated rings. The topological polar surface area (TPSA) is 98.2 Å². The number of carboxylic acids is 1. The predicted octanol–water partition coefficient (Wildman–Crippen LogP) is 7.28. The largest absolute Gasteiger partial charge is 0.573 e. The molecule has 214 valence electrons. The highest BCUT2D eigenvalue weighted by atomic mass is 19.4. The Kier molecular flexibility index (Phi) is 6.22. The maximum absolute atomic E-state index is 13.1. The number of carboxylic acid groups (broad SMARTS) is 1. The number of ether oxygens (including phenoxy) is 2. The lowest BCUT2D eigenvalue weighted by Gasteiger charge is -2.40. The smallest absolute Gasteiger partial charge is 0.475 e. The molecule has 1 N–H and O–H groups in total. The molecule has 2 aliphatic heterocycles. The number of halogens is 3. The molecule has 2 aromatic heterocycles. The highest BCUT2D eigenvalue weighted by Gasteiger charge is 2.42. The molecule has 41 heavy (non-hydrogen) atoms. The van der Waals surface area contributed by atoms with Gasteiger partial charge in [-0.1, -0.05) is 17.3 Å². The molecule has 0 amide bonds. The molecule has 1 aliphatic carbocycles. The van der Waals surface area contributed by atoms with Crippen molar-refractivity contribution in [1.82, 2.24) is 5.16 Å². The molecule has 2 aromatic carbocycles. The number of nitrogens with zero attached hydrogens (tertiary/aromatic N) is 2. The van der Waals surface area contributed by atoms with E-state index in [9.17, 15) is 23.1 Å². The summed E-state index contributed by atoms with van der Waals surface area (Å²) in [5.41, 5.74) is 2.75. The van der Waals surface area contributed by atoms with Crippen molar-refractivity contribution >= 4 is 22.6 Å². The van der Waals surface area contributed by atoms with Gasteiger partial charge >= 0.3 is 12.3 Å². The van der Waals surface area contributed by atoms with Crippen molar-refractivity contribution in [2.75, 3.05) is 4.90 Å². The van der Waals surface area contributed by atoms with Crippen molar-refractivity contribution in [3.8, 4) is 17.0 Å². The number of anilines is 1. The van der Waals surface area contributed by atoms with Crippen LogP contribution >= 0.6 is 0 Å². The number of benzene rings is 2. The summed E-state index contributed by atoms with van der Waals surface area (Å²) in [4.78, 5) is 13.7. The monoisotopic (exact) mass is 568 g/mol. The SMILES string of the molecule is O=C(O)c1cc2ccc(N3C4CCC3CC(OCc3c(-c5ccccc5OC(F)(F)F)noc3C3CC3)C4)cc2o1. The van der Waals surface area contributed by atoms with E-state index in [1.54, 1.807) is 12.1 Å². The maximum atomic E-state index is 13.1. The Labute approximate surface area is 232 Å². The van der Waals surface area contributed by atoms with Crippen LogP contribution in [0.2, 0.25) is 0 Å². The van der Waals surface area contributed by atoms with Gasteiger partial charge in [0.05, 0.1) is 12.7 Å². The Morgan fingerprint density at radius 3 is 2.51 bits per heavy atom. The average Bonchev–Trinajstić information content (AvgIpc) is 3.44. The first-order valence-electron chi connectivity index (χ1n) is 13.7. The predicted molar refractivity (Wildman–Crippen MR) is 141 cm³/mol. The maximum Gasteiger partial charge on any atom is 0.573 e. The molecule has 4 heterocycles. The van der Waals surface area contributed by atoms with Gasteiger partial charge in [0, 0.05) is 46.3 Å². The zero-order chi connectivity index (χ0) is 28.3. The lowest BCUT2D eigenvalue weighted by molar-refractivity contribution is -0.274. The van der Waals surface area contributed by atoms with Crippen LogP contribution in [0.25, 0.3) is 22.2 Å². The number of rotatable bonds is 8. The van der Waals surface area contributed by atoms with Crippen LogP contribution in [-0.2, 0) is 11.3 Å². The fourth-order valence-corrected chi connectivity index (χ4v) is 6.39. The third kappa shape index (κ3) is 5.03. The van der Waals surface area contributed by atoms with E-state index in [2.05, 4.69) is 14.8 Å². The van der Waals surface area contributed by atoms with Gasteiger partial charge in [-0.2, -0.15) is 0 Å². The fraction of sp³-hybridized carbons (Fsp3) is 0.400. The molecule has 1 saturated carbocycles. The van der Waals surface area contributed by atoms with E-state index < -0.39 is 12.3 Å². The molecule has 4 aromatic rings. The Balaban J connectivity index is 1.09. The Bertz CT molecular complexity index is 1590. The van der Waals surface area contributed by atoms with Crippen LogP contribution in [0.1, 0.15) is 66.3 Å². The molecule has 0 spiro atoms. The molecular formula is C30H27F3N2O6. The normalized spacial score (nSPS) is 22.4. The van der Waals surface area contributed by atoms with E-state index in [1.807, 2.05) is 18.2 Å². The quantitative estimate of drug-likeness (QED) is 0.237. The van der Waals surface area contributed by atoms with E-state index in [0.29, 0.717) is 22.6 Å². The van der Waals surface area contributed by atoms with Gasteiger partial charge in [0.25, 0.3) is 0 Å². The van der Waals surface area contributed by atoms with Gasteiger partial charge in [0.15, 0.2) is 0 Å². The van der Waals surface area contributed by atoms with E-state index in [1.165, 1.54) is 18.2 Å². The van der Waals surface area contributed by atoms with Gasteiger partial charge in [0.1, 0.15) is 22.8 Å². The number of carbonyl (C=O) groups is 1. The highest BCUT2D eigenvalue weighted by molar-refractivity contribution is 5.92. The van der Waals surface area contributed by atoms with E-state index >= 15 is 0 Å². The van der Waals surface area contributed by atoms with Crippen molar-refractivity contribution in [3.05, 3.63) is 65.6 Å². The second kappa shape index (κ2) is 9.83. The first-order chi connectivity index (χ1) is 19.7. The van der Waals surface area contributed by atoms with Crippen molar-refractivity contribution in [3.63, 3.8) is 0 Å². The van der Waals surface area contributed by atoms with Gasteiger partial charge in [-0.15, -0.1) is 13.2 Å². The molecule has 0 radical (unpaired) electrons. The molecular weight excluding hydrogens is 541 g/mol. The van der Waals surface area contributed by atoms with Gasteiger partial charge in [-0.25, -0.2) is 4.79 Å². The number of para-hydroxylation sites is 1. The minimum absolute atomic E-state index is 0.0359. The lowest BCUT2D eigenvalue weighted by atomic mass is 9.98. The standard InChI is InChI=1S/C30H27F3N2O6/c31-30(32,33)40-24-4-2-1-3-22(24)27-23(28(41-34-27)16-5-6-16)15-38-21-12-18-9-10-19(13-21)35(18)20-8-7-17-11-26(29(36)37)39-25(17)14-20/h1-4,7-8,11,14,16,18-19,21H,5-6,9-10,12-13,15H2,(H,36,37). The summed E-state index contributed by atoms with van der Waals surface area (Å²) in [7, 11) is 0. The van der Waals surface area contributed by atoms with E-state index in [4.69, 9.17) is 13.7 Å². The molecule has 11 heteroatoms. The van der Waals surface area contributed by atoms with Crippen LogP contribution in [0.15, 0.2) is 57.5 Å². The summed E-state index contributed by atoms with van der Waals surface area (Å²) < 4.78 is 61.2. The number of hydrogen-bond acceptors (Lipinski definition) is 7. The summed E-state index contributed by atoms with van der Waals surface area (Å²) in [6, 6.07) is 13.8. The molecule has 3 aliphatic rings. The number of fused-ring (bicyclic) bond motifs is 3. The summed E-state index contributed by atoms with van der Waals surface area (Å²) in [5.74, 6) is -0.639. The van der Waals surface area contributed by atoms with E-state index in [-0.39, 0.29) is 47.8 Å². The lowest BCUT2D eigenvalue weighted by Crippen LogP contribution is -2.45. The van der Waals surface area contributed by atoms with Crippen molar-refractivity contribution in [1.29, 1.82) is 0 Å². The van der Waals surface area contributed by atoms with Crippen LogP contribution in [-0.4, -0.2) is 40.8 Å². The molecule has 2 atom stereocenters. The summed E-state index contributed by atoms with van der Waals surface area (Å²) in [6.45, 7) is 0.186. The van der Waals surface area contributed by atoms with Crippen LogP contribution in [0.5, 0.6) is 5.75 Å². The average molecular weight is 569 g/mol. The number of piperidine rings is 1. The zero-order valence-corrected chi connectivity index (χ0v) is 21.9. The number of aromatic nitrogens is 1. The number of furan rings is 1.